The Kier molecular flexibility index (Phi) is 10.3. The van der Waals surface area contributed by atoms with Crippen molar-refractivity contribution >= 4 is 18.1 Å². The summed E-state index contributed by atoms with van der Waals surface area (Å²) in [6, 6.07) is 19.2. The lowest BCUT2D eigenvalue weighted by Gasteiger charge is -2.12. The lowest BCUT2D eigenvalue weighted by Crippen LogP contribution is -2.25. The number of rotatable bonds is 11. The SMILES string of the molecule is C\C=C/C=c1/cc(-c2cc(OCCO)cc(C(=O)NCCCc3ccccc3)c2)cc(O)/c1=C\CC. The Bertz CT molecular complexity index is 1300. The van der Waals surface area contributed by atoms with Crippen LogP contribution >= 0.6 is 0 Å². The van der Waals surface area contributed by atoms with Crippen LogP contribution in [0.5, 0.6) is 11.5 Å². The number of ether oxygens (including phenoxy) is 1. The van der Waals surface area contributed by atoms with Crippen molar-refractivity contribution < 1.29 is 19.7 Å². The van der Waals surface area contributed by atoms with E-state index in [4.69, 9.17) is 4.74 Å². The van der Waals surface area contributed by atoms with Gasteiger partial charge in [-0.05, 0) is 78.4 Å². The van der Waals surface area contributed by atoms with Crippen molar-refractivity contribution in [3.05, 3.63) is 94.4 Å². The summed E-state index contributed by atoms with van der Waals surface area (Å²) in [6.45, 7) is 4.51. The van der Waals surface area contributed by atoms with Crippen LogP contribution in [0, 0.1) is 0 Å². The van der Waals surface area contributed by atoms with Gasteiger partial charge in [0.2, 0.25) is 0 Å². The first-order valence-electron chi connectivity index (χ1n) is 12.4. The highest BCUT2D eigenvalue weighted by molar-refractivity contribution is 5.96. The number of aromatic hydroxyl groups is 1. The first-order valence-corrected chi connectivity index (χ1v) is 12.4. The molecule has 0 spiro atoms. The zero-order chi connectivity index (χ0) is 25.8. The van der Waals surface area contributed by atoms with Gasteiger partial charge in [0, 0.05) is 17.3 Å². The zero-order valence-electron chi connectivity index (χ0n) is 21.0. The van der Waals surface area contributed by atoms with Crippen molar-refractivity contribution in [2.24, 2.45) is 0 Å². The summed E-state index contributed by atoms with van der Waals surface area (Å²) in [5.41, 5.74) is 3.21. The molecule has 5 nitrogen and oxygen atoms in total. The van der Waals surface area contributed by atoms with Gasteiger partial charge in [-0.1, -0.05) is 61.6 Å². The van der Waals surface area contributed by atoms with E-state index in [-0.39, 0.29) is 24.9 Å². The molecule has 5 heteroatoms. The second kappa shape index (κ2) is 13.9. The minimum atomic E-state index is -0.195. The van der Waals surface area contributed by atoms with Crippen LogP contribution in [0.1, 0.15) is 42.6 Å². The zero-order valence-corrected chi connectivity index (χ0v) is 21.0. The number of phenolic OH excluding ortho intramolecular Hbond substituents is 1. The van der Waals surface area contributed by atoms with E-state index in [1.54, 1.807) is 18.2 Å². The predicted molar refractivity (Wildman–Crippen MR) is 147 cm³/mol. The number of aryl methyl sites for hydroxylation is 1. The molecule has 36 heavy (non-hydrogen) atoms. The number of hydrogen-bond acceptors (Lipinski definition) is 4. The van der Waals surface area contributed by atoms with E-state index in [0.717, 1.165) is 40.8 Å². The third kappa shape index (κ3) is 7.59. The van der Waals surface area contributed by atoms with Crippen LogP contribution in [0.2, 0.25) is 0 Å². The van der Waals surface area contributed by atoms with Gasteiger partial charge in [-0.2, -0.15) is 0 Å². The number of phenols is 1. The maximum Gasteiger partial charge on any atom is 0.251 e. The molecule has 3 aromatic carbocycles. The van der Waals surface area contributed by atoms with E-state index in [1.165, 1.54) is 5.56 Å². The normalized spacial score (nSPS) is 12.3. The highest BCUT2D eigenvalue weighted by atomic mass is 16.5. The molecule has 3 N–H and O–H groups in total. The van der Waals surface area contributed by atoms with Crippen LogP contribution in [-0.2, 0) is 6.42 Å². The average molecular weight is 486 g/mol. The molecular weight excluding hydrogens is 450 g/mol. The standard InChI is InChI=1S/C31H35NO4/c1-3-5-14-24-18-26(22-30(34)29(24)10-4-2)25-19-27(21-28(20-25)36-17-16-33)31(35)32-15-9-13-23-11-7-6-8-12-23/h3,5-8,10-12,14,18-22,33-34H,4,9,13,15-17H2,1-2H3,(H,32,35)/b5-3-,24-14-,29-10-. The molecule has 0 bridgehead atoms. The van der Waals surface area contributed by atoms with E-state index in [0.29, 0.717) is 17.9 Å². The summed E-state index contributed by atoms with van der Waals surface area (Å²) in [5, 5.41) is 24.6. The second-order valence-corrected chi connectivity index (χ2v) is 8.47. The maximum atomic E-state index is 13.0. The van der Waals surface area contributed by atoms with Crippen LogP contribution in [0.25, 0.3) is 23.3 Å². The van der Waals surface area contributed by atoms with E-state index < -0.39 is 0 Å². The molecule has 3 rings (SSSR count). The predicted octanol–water partition coefficient (Wildman–Crippen LogP) is 4.34. The lowest BCUT2D eigenvalue weighted by molar-refractivity contribution is 0.0952. The summed E-state index contributed by atoms with van der Waals surface area (Å²) >= 11 is 0. The molecule has 188 valence electrons. The Labute approximate surface area is 213 Å². The number of aliphatic hydroxyl groups excluding tert-OH is 1. The summed E-state index contributed by atoms with van der Waals surface area (Å²) in [4.78, 5) is 13.0. The van der Waals surface area contributed by atoms with Gasteiger partial charge in [-0.25, -0.2) is 0 Å². The Morgan fingerprint density at radius 2 is 1.83 bits per heavy atom. The quantitative estimate of drug-likeness (QED) is 0.353. The van der Waals surface area contributed by atoms with Crippen molar-refractivity contribution in [3.63, 3.8) is 0 Å². The molecule has 0 fully saturated rings. The van der Waals surface area contributed by atoms with E-state index in [1.807, 2.05) is 68.5 Å². The molecule has 0 aliphatic heterocycles. The largest absolute Gasteiger partial charge is 0.507 e. The molecule has 0 aromatic heterocycles. The number of benzene rings is 3. The fourth-order valence-electron chi connectivity index (χ4n) is 3.98. The van der Waals surface area contributed by atoms with Crippen molar-refractivity contribution in [3.8, 4) is 22.6 Å². The molecule has 3 aromatic rings. The van der Waals surface area contributed by atoms with Crippen molar-refractivity contribution in [2.75, 3.05) is 19.8 Å². The minimum absolute atomic E-state index is 0.123. The number of aliphatic hydroxyl groups is 1. The molecule has 0 heterocycles. The summed E-state index contributed by atoms with van der Waals surface area (Å²) in [7, 11) is 0. The summed E-state index contributed by atoms with van der Waals surface area (Å²) < 4.78 is 5.66. The van der Waals surface area contributed by atoms with Crippen LogP contribution in [0.15, 0.2) is 72.8 Å². The molecular formula is C31H35NO4. The van der Waals surface area contributed by atoms with Gasteiger partial charge in [0.05, 0.1) is 6.61 Å². The molecule has 0 aliphatic rings. The third-order valence-electron chi connectivity index (χ3n) is 5.70. The minimum Gasteiger partial charge on any atom is -0.507 e. The summed E-state index contributed by atoms with van der Waals surface area (Å²) in [5.74, 6) is 0.469. The smallest absolute Gasteiger partial charge is 0.251 e. The number of carbonyl (C=O) groups excluding carboxylic acids is 1. The Morgan fingerprint density at radius 1 is 1.06 bits per heavy atom. The Morgan fingerprint density at radius 3 is 2.56 bits per heavy atom. The number of amides is 1. The number of hydrogen-bond donors (Lipinski definition) is 3. The Hall–Kier alpha value is -3.83. The number of carbonyl (C=O) groups is 1. The van der Waals surface area contributed by atoms with Crippen LogP contribution < -0.4 is 20.5 Å². The molecule has 0 saturated carbocycles. The van der Waals surface area contributed by atoms with Crippen molar-refractivity contribution in [2.45, 2.75) is 33.1 Å². The van der Waals surface area contributed by atoms with Crippen LogP contribution in [-0.4, -0.2) is 35.9 Å². The fourth-order valence-corrected chi connectivity index (χ4v) is 3.98. The third-order valence-corrected chi connectivity index (χ3v) is 5.70. The van der Waals surface area contributed by atoms with E-state index in [9.17, 15) is 15.0 Å². The van der Waals surface area contributed by atoms with Gasteiger partial charge in [-0.3, -0.25) is 4.79 Å². The number of nitrogens with one attached hydrogen (secondary N) is 1. The second-order valence-electron chi connectivity index (χ2n) is 8.47. The van der Waals surface area contributed by atoms with Gasteiger partial charge in [0.15, 0.2) is 0 Å². The van der Waals surface area contributed by atoms with Crippen LogP contribution in [0.4, 0.5) is 0 Å². The maximum absolute atomic E-state index is 13.0. The van der Waals surface area contributed by atoms with Gasteiger partial charge < -0.3 is 20.3 Å². The topological polar surface area (TPSA) is 78.8 Å². The molecule has 1 amide bonds. The van der Waals surface area contributed by atoms with Gasteiger partial charge >= 0.3 is 0 Å². The summed E-state index contributed by atoms with van der Waals surface area (Å²) in [6.07, 6.45) is 10.3. The average Bonchev–Trinajstić information content (AvgIpc) is 2.90. The Balaban J connectivity index is 1.90. The first-order chi connectivity index (χ1) is 17.5. The molecule has 0 unspecified atom stereocenters. The molecule has 0 radical (unpaired) electrons. The monoisotopic (exact) mass is 485 g/mol. The molecule has 0 aliphatic carbocycles. The van der Waals surface area contributed by atoms with Crippen LogP contribution in [0.3, 0.4) is 0 Å². The van der Waals surface area contributed by atoms with Gasteiger partial charge in [0.25, 0.3) is 5.91 Å². The van der Waals surface area contributed by atoms with Gasteiger partial charge in [0.1, 0.15) is 18.1 Å². The highest BCUT2D eigenvalue weighted by Crippen LogP contribution is 2.27. The number of allylic oxidation sites excluding steroid dienone is 2. The highest BCUT2D eigenvalue weighted by Gasteiger charge is 2.12. The molecule has 0 saturated heterocycles. The van der Waals surface area contributed by atoms with Crippen molar-refractivity contribution in [1.29, 1.82) is 0 Å². The van der Waals surface area contributed by atoms with Gasteiger partial charge in [-0.15, -0.1) is 0 Å². The molecule has 0 atom stereocenters. The van der Waals surface area contributed by atoms with E-state index >= 15 is 0 Å². The first kappa shape index (κ1) is 26.8. The van der Waals surface area contributed by atoms with E-state index in [2.05, 4.69) is 17.4 Å². The van der Waals surface area contributed by atoms with Crippen molar-refractivity contribution in [1.82, 2.24) is 5.32 Å². The lowest BCUT2D eigenvalue weighted by atomic mass is 9.99. The fraction of sp³-hybridized carbons (Fsp3) is 0.258.